The molecule has 0 aliphatic heterocycles. The minimum atomic E-state index is -0.000741. The minimum Gasteiger partial charge on any atom is -0.399 e. The normalized spacial score (nSPS) is 16.0. The van der Waals surface area contributed by atoms with E-state index in [1.807, 2.05) is 6.07 Å². The van der Waals surface area contributed by atoms with Gasteiger partial charge in [0.15, 0.2) is 0 Å². The molecule has 3 N–H and O–H groups in total. The Morgan fingerprint density at radius 1 is 1.24 bits per heavy atom. The zero-order valence-electron chi connectivity index (χ0n) is 9.82. The molecule has 0 spiro atoms. The summed E-state index contributed by atoms with van der Waals surface area (Å²) >= 11 is 0. The number of nitrogens with two attached hydrogens (primary N) is 1. The SMILES string of the molecule is Cl.Nc1cccc(C(=O)NC2CCCCC2)c1. The van der Waals surface area contributed by atoms with E-state index in [4.69, 9.17) is 5.73 Å². The Labute approximate surface area is 108 Å². The predicted molar refractivity (Wildman–Crippen MR) is 72.4 cm³/mol. The van der Waals surface area contributed by atoms with Crippen LogP contribution in [0.15, 0.2) is 24.3 Å². The molecule has 1 aliphatic carbocycles. The summed E-state index contributed by atoms with van der Waals surface area (Å²) in [5.74, 6) is -0.000741. The molecule has 0 unspecified atom stereocenters. The second kappa shape index (κ2) is 6.50. The van der Waals surface area contributed by atoms with E-state index in [1.165, 1.54) is 19.3 Å². The highest BCUT2D eigenvalue weighted by Gasteiger charge is 2.16. The molecule has 0 radical (unpaired) electrons. The van der Waals surface area contributed by atoms with Crippen molar-refractivity contribution in [3.05, 3.63) is 29.8 Å². The molecule has 1 aliphatic rings. The van der Waals surface area contributed by atoms with E-state index < -0.39 is 0 Å². The van der Waals surface area contributed by atoms with Crippen molar-refractivity contribution >= 4 is 24.0 Å². The first kappa shape index (κ1) is 13.8. The van der Waals surface area contributed by atoms with Crippen molar-refractivity contribution in [1.82, 2.24) is 5.32 Å². The molecule has 0 bridgehead atoms. The maximum Gasteiger partial charge on any atom is 0.251 e. The second-order valence-corrected chi connectivity index (χ2v) is 4.43. The smallest absolute Gasteiger partial charge is 0.251 e. The monoisotopic (exact) mass is 254 g/mol. The molecule has 1 fully saturated rings. The van der Waals surface area contributed by atoms with Crippen molar-refractivity contribution < 1.29 is 4.79 Å². The molecule has 94 valence electrons. The fourth-order valence-electron chi connectivity index (χ4n) is 2.20. The Kier molecular flexibility index (Phi) is 5.29. The molecule has 17 heavy (non-hydrogen) atoms. The lowest BCUT2D eigenvalue weighted by molar-refractivity contribution is 0.0928. The highest BCUT2D eigenvalue weighted by Crippen LogP contribution is 2.18. The van der Waals surface area contributed by atoms with Crippen LogP contribution in [0.2, 0.25) is 0 Å². The average molecular weight is 255 g/mol. The molecule has 0 aromatic heterocycles. The molecule has 1 aromatic rings. The van der Waals surface area contributed by atoms with Gasteiger partial charge in [-0.25, -0.2) is 0 Å². The van der Waals surface area contributed by atoms with Gasteiger partial charge in [0.2, 0.25) is 0 Å². The number of nitrogens with one attached hydrogen (secondary N) is 1. The first-order valence-corrected chi connectivity index (χ1v) is 5.92. The number of carbonyl (C=O) groups excluding carboxylic acids is 1. The number of hydrogen-bond acceptors (Lipinski definition) is 2. The van der Waals surface area contributed by atoms with E-state index >= 15 is 0 Å². The average Bonchev–Trinajstić information content (AvgIpc) is 2.30. The first-order chi connectivity index (χ1) is 7.75. The van der Waals surface area contributed by atoms with Gasteiger partial charge in [-0.15, -0.1) is 12.4 Å². The topological polar surface area (TPSA) is 55.1 Å². The molecule has 4 heteroatoms. The number of anilines is 1. The van der Waals surface area contributed by atoms with Crippen molar-refractivity contribution in [2.75, 3.05) is 5.73 Å². The predicted octanol–water partition coefficient (Wildman–Crippen LogP) is 2.75. The number of amides is 1. The van der Waals surface area contributed by atoms with Crippen LogP contribution in [0.3, 0.4) is 0 Å². The van der Waals surface area contributed by atoms with Crippen LogP contribution in [-0.4, -0.2) is 11.9 Å². The van der Waals surface area contributed by atoms with Gasteiger partial charge >= 0.3 is 0 Å². The summed E-state index contributed by atoms with van der Waals surface area (Å²) in [6.45, 7) is 0. The summed E-state index contributed by atoms with van der Waals surface area (Å²) < 4.78 is 0. The van der Waals surface area contributed by atoms with Crippen LogP contribution in [0, 0.1) is 0 Å². The van der Waals surface area contributed by atoms with Gasteiger partial charge in [0.05, 0.1) is 0 Å². The quantitative estimate of drug-likeness (QED) is 0.798. The van der Waals surface area contributed by atoms with E-state index in [0.29, 0.717) is 17.3 Å². The van der Waals surface area contributed by atoms with Crippen LogP contribution < -0.4 is 11.1 Å². The van der Waals surface area contributed by atoms with Gasteiger partial charge in [-0.2, -0.15) is 0 Å². The highest BCUT2D eigenvalue weighted by molar-refractivity contribution is 5.95. The van der Waals surface area contributed by atoms with Gasteiger partial charge in [0.25, 0.3) is 5.91 Å². The van der Waals surface area contributed by atoms with Crippen LogP contribution in [0.25, 0.3) is 0 Å². The van der Waals surface area contributed by atoms with Crippen LogP contribution in [0.4, 0.5) is 5.69 Å². The van der Waals surface area contributed by atoms with Crippen LogP contribution >= 0.6 is 12.4 Å². The molecular formula is C13H19ClN2O. The summed E-state index contributed by atoms with van der Waals surface area (Å²) in [6, 6.07) is 7.47. The number of halogens is 1. The summed E-state index contributed by atoms with van der Waals surface area (Å²) in [7, 11) is 0. The zero-order chi connectivity index (χ0) is 11.4. The third-order valence-corrected chi connectivity index (χ3v) is 3.09. The van der Waals surface area contributed by atoms with Gasteiger partial charge in [0.1, 0.15) is 0 Å². The van der Waals surface area contributed by atoms with E-state index in [9.17, 15) is 4.79 Å². The maximum absolute atomic E-state index is 11.9. The standard InChI is InChI=1S/C13H18N2O.ClH/c14-11-6-4-5-10(9-11)13(16)15-12-7-2-1-3-8-12;/h4-6,9,12H,1-3,7-8,14H2,(H,15,16);1H. The zero-order valence-corrected chi connectivity index (χ0v) is 10.6. The van der Waals surface area contributed by atoms with Crippen molar-refractivity contribution in [1.29, 1.82) is 0 Å². The Hall–Kier alpha value is -1.22. The summed E-state index contributed by atoms with van der Waals surface area (Å²) in [5, 5.41) is 3.07. The number of hydrogen-bond donors (Lipinski definition) is 2. The number of nitrogen functional groups attached to an aromatic ring is 1. The molecule has 0 saturated heterocycles. The summed E-state index contributed by atoms with van der Waals surface area (Å²) in [6.07, 6.45) is 5.95. The van der Waals surface area contributed by atoms with Gasteiger partial charge < -0.3 is 11.1 Å². The van der Waals surface area contributed by atoms with Crippen molar-refractivity contribution in [2.24, 2.45) is 0 Å². The maximum atomic E-state index is 11.9. The third kappa shape index (κ3) is 3.93. The molecule has 3 nitrogen and oxygen atoms in total. The number of rotatable bonds is 2. The van der Waals surface area contributed by atoms with Crippen molar-refractivity contribution in [3.8, 4) is 0 Å². The Morgan fingerprint density at radius 3 is 2.59 bits per heavy atom. The minimum absolute atomic E-state index is 0. The molecule has 2 rings (SSSR count). The molecule has 1 aromatic carbocycles. The van der Waals surface area contributed by atoms with Gasteiger partial charge in [-0.3, -0.25) is 4.79 Å². The fourth-order valence-corrected chi connectivity index (χ4v) is 2.20. The lowest BCUT2D eigenvalue weighted by Gasteiger charge is -2.22. The van der Waals surface area contributed by atoms with E-state index in [1.54, 1.807) is 18.2 Å². The largest absolute Gasteiger partial charge is 0.399 e. The molecule has 0 atom stereocenters. The molecular weight excluding hydrogens is 236 g/mol. The number of benzene rings is 1. The van der Waals surface area contributed by atoms with Crippen LogP contribution in [0.1, 0.15) is 42.5 Å². The van der Waals surface area contributed by atoms with Gasteiger partial charge in [-0.05, 0) is 31.0 Å². The fraction of sp³-hybridized carbons (Fsp3) is 0.462. The first-order valence-electron chi connectivity index (χ1n) is 5.92. The molecule has 0 heterocycles. The molecule has 1 saturated carbocycles. The van der Waals surface area contributed by atoms with Crippen molar-refractivity contribution in [3.63, 3.8) is 0 Å². The Bertz CT molecular complexity index is 375. The van der Waals surface area contributed by atoms with Crippen LogP contribution in [-0.2, 0) is 0 Å². The van der Waals surface area contributed by atoms with Gasteiger partial charge in [-0.1, -0.05) is 25.3 Å². The Balaban J connectivity index is 0.00000144. The lowest BCUT2D eigenvalue weighted by Crippen LogP contribution is -2.36. The summed E-state index contributed by atoms with van der Waals surface area (Å²) in [4.78, 5) is 11.9. The van der Waals surface area contributed by atoms with Crippen LogP contribution in [0.5, 0.6) is 0 Å². The van der Waals surface area contributed by atoms with Crippen molar-refractivity contribution in [2.45, 2.75) is 38.1 Å². The van der Waals surface area contributed by atoms with E-state index in [-0.39, 0.29) is 18.3 Å². The lowest BCUT2D eigenvalue weighted by atomic mass is 9.95. The van der Waals surface area contributed by atoms with E-state index in [0.717, 1.165) is 12.8 Å². The Morgan fingerprint density at radius 2 is 1.94 bits per heavy atom. The number of carbonyl (C=O) groups is 1. The summed E-state index contributed by atoms with van der Waals surface area (Å²) in [5.41, 5.74) is 6.94. The van der Waals surface area contributed by atoms with E-state index in [2.05, 4.69) is 5.32 Å². The second-order valence-electron chi connectivity index (χ2n) is 4.43. The molecule has 1 amide bonds. The highest BCUT2D eigenvalue weighted by atomic mass is 35.5. The third-order valence-electron chi connectivity index (χ3n) is 3.09. The van der Waals surface area contributed by atoms with Gasteiger partial charge in [0, 0.05) is 17.3 Å².